The number of carbonyl (C=O) groups excluding carboxylic acids is 2. The molecular weight excluding hydrogens is 300 g/mol. The predicted octanol–water partition coefficient (Wildman–Crippen LogP) is 0.237. The van der Waals surface area contributed by atoms with E-state index >= 15 is 0 Å². The van der Waals surface area contributed by atoms with E-state index < -0.39 is 0 Å². The molecule has 0 saturated heterocycles. The van der Waals surface area contributed by atoms with Crippen molar-refractivity contribution < 1.29 is 14.3 Å². The highest BCUT2D eigenvalue weighted by atomic mass is 16.5. The van der Waals surface area contributed by atoms with Crippen molar-refractivity contribution in [3.63, 3.8) is 0 Å². The van der Waals surface area contributed by atoms with Gasteiger partial charge >= 0.3 is 5.97 Å². The van der Waals surface area contributed by atoms with Crippen LogP contribution in [0, 0.1) is 13.8 Å². The van der Waals surface area contributed by atoms with E-state index in [1.165, 1.54) is 0 Å². The first-order valence-electron chi connectivity index (χ1n) is 6.98. The fourth-order valence-corrected chi connectivity index (χ4v) is 1.91. The van der Waals surface area contributed by atoms with Gasteiger partial charge in [-0.15, -0.1) is 0 Å². The van der Waals surface area contributed by atoms with Crippen molar-refractivity contribution in [2.75, 3.05) is 6.61 Å². The van der Waals surface area contributed by atoms with Gasteiger partial charge in [-0.3, -0.25) is 19.6 Å². The van der Waals surface area contributed by atoms with Crippen LogP contribution in [0.25, 0.3) is 0 Å². The lowest BCUT2D eigenvalue weighted by Gasteiger charge is -1.97. The second-order valence-corrected chi connectivity index (χ2v) is 4.80. The molecule has 126 valence electrons. The van der Waals surface area contributed by atoms with E-state index in [4.69, 9.17) is 10.6 Å². The first-order valence-corrected chi connectivity index (χ1v) is 6.98. The lowest BCUT2D eigenvalue weighted by atomic mass is 10.2. The van der Waals surface area contributed by atoms with Crippen LogP contribution in [-0.4, -0.2) is 38.0 Å². The van der Waals surface area contributed by atoms with Gasteiger partial charge in [-0.1, -0.05) is 0 Å². The number of amides is 1. The number of esters is 1. The Morgan fingerprint density at radius 1 is 1.13 bits per heavy atom. The highest BCUT2D eigenvalue weighted by Crippen LogP contribution is 2.06. The average molecular weight is 322 g/mol. The molecule has 0 atom stereocenters. The number of carbonyl (C=O) groups is 2. The molecule has 0 fully saturated rings. The predicted molar refractivity (Wildman–Crippen MR) is 83.5 cm³/mol. The molecule has 0 aromatic carbocycles. The maximum Gasteiger partial charge on any atom is 0.341 e. The zero-order valence-electron chi connectivity index (χ0n) is 14.0. The second kappa shape index (κ2) is 8.08. The quantitative estimate of drug-likeness (QED) is 0.362. The number of nitrogens with one attached hydrogen (secondary N) is 1. The summed E-state index contributed by atoms with van der Waals surface area (Å²) in [7, 11) is 3.52. The van der Waals surface area contributed by atoms with Gasteiger partial charge in [-0.2, -0.15) is 10.2 Å². The number of rotatable bonds is 3. The first kappa shape index (κ1) is 18.4. The third-order valence-corrected chi connectivity index (χ3v) is 2.90. The van der Waals surface area contributed by atoms with Gasteiger partial charge in [0.1, 0.15) is 5.56 Å². The van der Waals surface area contributed by atoms with E-state index in [0.717, 1.165) is 0 Å². The minimum atomic E-state index is -0.310. The third kappa shape index (κ3) is 4.92. The summed E-state index contributed by atoms with van der Waals surface area (Å²) in [6.07, 6.45) is 3.28. The van der Waals surface area contributed by atoms with Crippen molar-refractivity contribution in [3.05, 3.63) is 34.9 Å². The Labute approximate surface area is 134 Å². The van der Waals surface area contributed by atoms with E-state index in [1.807, 2.05) is 5.43 Å². The van der Waals surface area contributed by atoms with Crippen molar-refractivity contribution >= 4 is 11.9 Å². The smallest absolute Gasteiger partial charge is 0.341 e. The normalized spacial score (nSPS) is 9.83. The summed E-state index contributed by atoms with van der Waals surface area (Å²) in [4.78, 5) is 22.2. The SMILES string of the molecule is CCOC(=O)c1cn(C)nc1C.Cc1nn(C)cc1C(=O)NN. The molecule has 2 rings (SSSR count). The maximum absolute atomic E-state index is 11.2. The van der Waals surface area contributed by atoms with E-state index in [0.29, 0.717) is 29.1 Å². The molecule has 9 nitrogen and oxygen atoms in total. The van der Waals surface area contributed by atoms with Crippen LogP contribution in [0.3, 0.4) is 0 Å². The molecule has 0 bridgehead atoms. The lowest BCUT2D eigenvalue weighted by Crippen LogP contribution is -2.30. The minimum Gasteiger partial charge on any atom is -0.462 e. The highest BCUT2D eigenvalue weighted by molar-refractivity contribution is 5.94. The fourth-order valence-electron chi connectivity index (χ4n) is 1.91. The zero-order valence-corrected chi connectivity index (χ0v) is 14.0. The molecule has 0 unspecified atom stereocenters. The number of hydrogen-bond acceptors (Lipinski definition) is 6. The summed E-state index contributed by atoms with van der Waals surface area (Å²) in [5.41, 5.74) is 4.47. The highest BCUT2D eigenvalue weighted by Gasteiger charge is 2.12. The van der Waals surface area contributed by atoms with E-state index in [-0.39, 0.29) is 11.9 Å². The third-order valence-electron chi connectivity index (χ3n) is 2.90. The van der Waals surface area contributed by atoms with Crippen LogP contribution in [0.1, 0.15) is 39.0 Å². The van der Waals surface area contributed by atoms with Crippen molar-refractivity contribution in [1.82, 2.24) is 25.0 Å². The second-order valence-electron chi connectivity index (χ2n) is 4.80. The van der Waals surface area contributed by atoms with Crippen LogP contribution >= 0.6 is 0 Å². The van der Waals surface area contributed by atoms with Gasteiger partial charge in [0.15, 0.2) is 0 Å². The molecule has 3 N–H and O–H groups in total. The Hall–Kier alpha value is -2.68. The van der Waals surface area contributed by atoms with Crippen molar-refractivity contribution in [3.8, 4) is 0 Å². The van der Waals surface area contributed by atoms with E-state index in [9.17, 15) is 9.59 Å². The molecule has 2 heterocycles. The Morgan fingerprint density at radius 3 is 1.96 bits per heavy atom. The molecule has 0 aliphatic rings. The van der Waals surface area contributed by atoms with E-state index in [2.05, 4.69) is 10.2 Å². The van der Waals surface area contributed by atoms with Gasteiger partial charge in [0.25, 0.3) is 5.91 Å². The van der Waals surface area contributed by atoms with Gasteiger partial charge in [-0.25, -0.2) is 10.6 Å². The number of hydrogen-bond donors (Lipinski definition) is 2. The topological polar surface area (TPSA) is 117 Å². The van der Waals surface area contributed by atoms with Gasteiger partial charge in [-0.05, 0) is 20.8 Å². The Balaban J connectivity index is 0.000000231. The molecule has 1 amide bonds. The minimum absolute atomic E-state index is 0.303. The summed E-state index contributed by atoms with van der Waals surface area (Å²) in [6.45, 7) is 5.72. The van der Waals surface area contributed by atoms with Gasteiger partial charge in [0.2, 0.25) is 0 Å². The maximum atomic E-state index is 11.2. The molecule has 2 aromatic rings. The molecule has 0 aliphatic heterocycles. The van der Waals surface area contributed by atoms with Crippen molar-refractivity contribution in [1.29, 1.82) is 0 Å². The van der Waals surface area contributed by atoms with Gasteiger partial charge < -0.3 is 4.74 Å². The summed E-state index contributed by atoms with van der Waals surface area (Å²) in [5.74, 6) is 4.33. The summed E-state index contributed by atoms with van der Waals surface area (Å²) in [6, 6.07) is 0. The number of hydrazine groups is 1. The Morgan fingerprint density at radius 2 is 1.61 bits per heavy atom. The van der Waals surface area contributed by atoms with Crippen molar-refractivity contribution in [2.24, 2.45) is 19.9 Å². The Kier molecular flexibility index (Phi) is 6.46. The molecular formula is C14H22N6O3. The Bertz CT molecular complexity index is 689. The molecule has 0 saturated carbocycles. The number of ether oxygens (including phenoxy) is 1. The monoisotopic (exact) mass is 322 g/mol. The average Bonchev–Trinajstić information content (AvgIpc) is 3.00. The van der Waals surface area contributed by atoms with Crippen LogP contribution in [0.15, 0.2) is 12.4 Å². The van der Waals surface area contributed by atoms with Crippen LogP contribution in [0.2, 0.25) is 0 Å². The molecule has 9 heteroatoms. The zero-order chi connectivity index (χ0) is 17.6. The molecule has 2 aromatic heterocycles. The first-order chi connectivity index (χ1) is 10.8. The fraction of sp³-hybridized carbons (Fsp3) is 0.429. The molecule has 0 radical (unpaired) electrons. The number of nitrogen functional groups attached to an aromatic ring is 1. The van der Waals surface area contributed by atoms with Crippen LogP contribution < -0.4 is 11.3 Å². The number of aryl methyl sites for hydroxylation is 4. The summed E-state index contributed by atoms with van der Waals surface area (Å²) >= 11 is 0. The number of nitrogens with zero attached hydrogens (tertiary/aromatic N) is 4. The van der Waals surface area contributed by atoms with Gasteiger partial charge in [0, 0.05) is 26.5 Å². The van der Waals surface area contributed by atoms with Crippen LogP contribution in [-0.2, 0) is 18.8 Å². The standard InChI is InChI=1S/C8H12N2O2.C6H10N4O/c1-4-12-8(11)7-5-10(3)9-6(7)2;1-4-5(6(11)8-7)3-10(2)9-4/h5H,4H2,1-3H3;3H,7H2,1-2H3,(H,8,11). The summed E-state index contributed by atoms with van der Waals surface area (Å²) < 4.78 is 8.00. The molecule has 0 aliphatic carbocycles. The number of nitrogens with two attached hydrogens (primary N) is 1. The van der Waals surface area contributed by atoms with Crippen LogP contribution in [0.4, 0.5) is 0 Å². The summed E-state index contributed by atoms with van der Waals surface area (Å²) in [5, 5.41) is 8.01. The van der Waals surface area contributed by atoms with E-state index in [1.54, 1.807) is 56.6 Å². The molecule has 23 heavy (non-hydrogen) atoms. The van der Waals surface area contributed by atoms with Gasteiger partial charge in [0.05, 0.1) is 23.6 Å². The lowest BCUT2D eigenvalue weighted by molar-refractivity contribution is 0.0525. The number of aromatic nitrogens is 4. The van der Waals surface area contributed by atoms with Crippen LogP contribution in [0.5, 0.6) is 0 Å². The largest absolute Gasteiger partial charge is 0.462 e. The van der Waals surface area contributed by atoms with Crippen molar-refractivity contribution in [2.45, 2.75) is 20.8 Å². The molecule has 0 spiro atoms.